The maximum Gasteiger partial charge on any atom is 0.0175 e. The lowest BCUT2D eigenvalue weighted by Crippen LogP contribution is -2.21. The minimum absolute atomic E-state index is 1.23. The average Bonchev–Trinajstić information content (AvgIpc) is 1.91. The van der Waals surface area contributed by atoms with Crippen LogP contribution in [0.1, 0.15) is 26.2 Å². The van der Waals surface area contributed by atoms with Crippen LogP contribution < -0.4 is 0 Å². The summed E-state index contributed by atoms with van der Waals surface area (Å²) in [5, 5.41) is 0. The van der Waals surface area contributed by atoms with Crippen LogP contribution in [-0.2, 0) is 0 Å². The third kappa shape index (κ3) is 2.08. The van der Waals surface area contributed by atoms with Gasteiger partial charge in [-0.15, -0.1) is 0 Å². The van der Waals surface area contributed by atoms with Gasteiger partial charge in [-0.25, -0.2) is 0 Å². The van der Waals surface area contributed by atoms with E-state index in [9.17, 15) is 0 Å². The van der Waals surface area contributed by atoms with Gasteiger partial charge in [-0.1, -0.05) is 13.0 Å². The maximum absolute atomic E-state index is 2.39. The van der Waals surface area contributed by atoms with Crippen LogP contribution in [-0.4, -0.2) is 18.0 Å². The molecule has 0 spiro atoms. The standard InChI is InChI=1S/C8H15N/c1-2-6-9-7-4-3-5-8-9/h4,7H,2-3,5-6,8H2,1H3. The van der Waals surface area contributed by atoms with Gasteiger partial charge in [-0.3, -0.25) is 0 Å². The Hall–Kier alpha value is -0.460. The highest BCUT2D eigenvalue weighted by Gasteiger charge is 1.99. The van der Waals surface area contributed by atoms with Crippen molar-refractivity contribution >= 4 is 0 Å². The number of hydrogen-bond donors (Lipinski definition) is 0. The molecule has 1 heteroatoms. The van der Waals surface area contributed by atoms with E-state index in [4.69, 9.17) is 0 Å². The first-order chi connectivity index (χ1) is 4.43. The molecule has 1 aliphatic heterocycles. The second kappa shape index (κ2) is 3.54. The summed E-state index contributed by atoms with van der Waals surface area (Å²) in [6.45, 7) is 4.73. The molecule has 0 saturated heterocycles. The summed E-state index contributed by atoms with van der Waals surface area (Å²) in [5.41, 5.74) is 0. The van der Waals surface area contributed by atoms with Crippen LogP contribution in [0.5, 0.6) is 0 Å². The molecule has 1 aliphatic rings. The molecule has 52 valence electrons. The van der Waals surface area contributed by atoms with E-state index < -0.39 is 0 Å². The first kappa shape index (κ1) is 6.66. The van der Waals surface area contributed by atoms with Gasteiger partial charge in [0, 0.05) is 13.1 Å². The molecule has 0 radical (unpaired) electrons. The minimum atomic E-state index is 1.23. The van der Waals surface area contributed by atoms with Crippen molar-refractivity contribution in [3.05, 3.63) is 12.3 Å². The van der Waals surface area contributed by atoms with Crippen molar-refractivity contribution in [3.63, 3.8) is 0 Å². The van der Waals surface area contributed by atoms with Crippen molar-refractivity contribution in [1.29, 1.82) is 0 Å². The Morgan fingerprint density at radius 1 is 1.56 bits per heavy atom. The second-order valence-corrected chi connectivity index (χ2v) is 2.56. The average molecular weight is 125 g/mol. The van der Waals surface area contributed by atoms with E-state index in [0.717, 1.165) is 0 Å². The van der Waals surface area contributed by atoms with Gasteiger partial charge < -0.3 is 4.90 Å². The first-order valence-corrected chi connectivity index (χ1v) is 3.84. The fourth-order valence-electron chi connectivity index (χ4n) is 1.18. The van der Waals surface area contributed by atoms with E-state index in [0.29, 0.717) is 0 Å². The van der Waals surface area contributed by atoms with Gasteiger partial charge in [0.25, 0.3) is 0 Å². The van der Waals surface area contributed by atoms with E-state index in [1.54, 1.807) is 0 Å². The SMILES string of the molecule is CCCN1C=CCCC1. The molecule has 0 aliphatic carbocycles. The topological polar surface area (TPSA) is 3.24 Å². The molecule has 0 fully saturated rings. The fraction of sp³-hybridized carbons (Fsp3) is 0.750. The lowest BCUT2D eigenvalue weighted by Gasteiger charge is -2.22. The highest BCUT2D eigenvalue weighted by Crippen LogP contribution is 2.04. The largest absolute Gasteiger partial charge is 0.378 e. The second-order valence-electron chi connectivity index (χ2n) is 2.56. The predicted molar refractivity (Wildman–Crippen MR) is 40.2 cm³/mol. The Labute approximate surface area is 57.4 Å². The lowest BCUT2D eigenvalue weighted by atomic mass is 10.2. The third-order valence-electron chi connectivity index (χ3n) is 1.64. The fourth-order valence-corrected chi connectivity index (χ4v) is 1.18. The zero-order valence-corrected chi connectivity index (χ0v) is 6.14. The highest BCUT2D eigenvalue weighted by molar-refractivity contribution is 4.86. The van der Waals surface area contributed by atoms with Crippen LogP contribution in [0.4, 0.5) is 0 Å². The molecule has 0 bridgehead atoms. The van der Waals surface area contributed by atoms with Gasteiger partial charge in [0.15, 0.2) is 0 Å². The molecular weight excluding hydrogens is 110 g/mol. The monoisotopic (exact) mass is 125 g/mol. The third-order valence-corrected chi connectivity index (χ3v) is 1.64. The Balaban J connectivity index is 2.23. The zero-order valence-electron chi connectivity index (χ0n) is 6.14. The Kier molecular flexibility index (Phi) is 2.62. The van der Waals surface area contributed by atoms with Crippen molar-refractivity contribution < 1.29 is 0 Å². The summed E-state index contributed by atoms with van der Waals surface area (Å²) in [5.74, 6) is 0. The Morgan fingerprint density at radius 2 is 2.44 bits per heavy atom. The van der Waals surface area contributed by atoms with E-state index in [1.165, 1.54) is 32.4 Å². The molecule has 0 unspecified atom stereocenters. The van der Waals surface area contributed by atoms with Gasteiger partial charge in [0.05, 0.1) is 0 Å². The summed E-state index contributed by atoms with van der Waals surface area (Å²) in [7, 11) is 0. The predicted octanol–water partition coefficient (Wildman–Crippen LogP) is 2.01. The maximum atomic E-state index is 2.39. The van der Waals surface area contributed by atoms with Gasteiger partial charge in [-0.05, 0) is 25.5 Å². The minimum Gasteiger partial charge on any atom is -0.378 e. The number of nitrogens with zero attached hydrogens (tertiary/aromatic N) is 1. The van der Waals surface area contributed by atoms with Crippen LogP contribution in [0, 0.1) is 0 Å². The molecular formula is C8H15N. The van der Waals surface area contributed by atoms with Crippen molar-refractivity contribution in [2.24, 2.45) is 0 Å². The molecule has 0 aromatic rings. The van der Waals surface area contributed by atoms with Gasteiger partial charge in [-0.2, -0.15) is 0 Å². The molecule has 0 aromatic carbocycles. The molecule has 0 atom stereocenters. The number of allylic oxidation sites excluding steroid dienone is 1. The van der Waals surface area contributed by atoms with Crippen LogP contribution in [0.15, 0.2) is 12.3 Å². The molecule has 0 aromatic heterocycles. The van der Waals surface area contributed by atoms with E-state index >= 15 is 0 Å². The first-order valence-electron chi connectivity index (χ1n) is 3.84. The van der Waals surface area contributed by atoms with Crippen molar-refractivity contribution in [3.8, 4) is 0 Å². The zero-order chi connectivity index (χ0) is 6.53. The van der Waals surface area contributed by atoms with E-state index in [-0.39, 0.29) is 0 Å². The normalized spacial score (nSPS) is 18.6. The molecule has 1 heterocycles. The summed E-state index contributed by atoms with van der Waals surface area (Å²) in [4.78, 5) is 2.39. The van der Waals surface area contributed by atoms with Crippen LogP contribution in [0.3, 0.4) is 0 Å². The Bertz CT molecular complexity index is 96.7. The molecule has 9 heavy (non-hydrogen) atoms. The van der Waals surface area contributed by atoms with Gasteiger partial charge in [0.1, 0.15) is 0 Å². The number of hydrogen-bond acceptors (Lipinski definition) is 1. The van der Waals surface area contributed by atoms with Gasteiger partial charge >= 0.3 is 0 Å². The van der Waals surface area contributed by atoms with Crippen molar-refractivity contribution in [2.45, 2.75) is 26.2 Å². The molecule has 1 rings (SSSR count). The lowest BCUT2D eigenvalue weighted by molar-refractivity contribution is 0.355. The molecule has 0 amide bonds. The van der Waals surface area contributed by atoms with Crippen LogP contribution >= 0.6 is 0 Å². The van der Waals surface area contributed by atoms with Gasteiger partial charge in [0.2, 0.25) is 0 Å². The van der Waals surface area contributed by atoms with Crippen molar-refractivity contribution in [1.82, 2.24) is 4.90 Å². The molecule has 0 saturated carbocycles. The number of rotatable bonds is 2. The van der Waals surface area contributed by atoms with Crippen LogP contribution in [0.2, 0.25) is 0 Å². The highest BCUT2D eigenvalue weighted by atomic mass is 15.1. The summed E-state index contributed by atoms with van der Waals surface area (Å²) >= 11 is 0. The smallest absolute Gasteiger partial charge is 0.0175 e. The Morgan fingerprint density at radius 3 is 3.00 bits per heavy atom. The summed E-state index contributed by atoms with van der Waals surface area (Å²) < 4.78 is 0. The van der Waals surface area contributed by atoms with E-state index in [2.05, 4.69) is 24.1 Å². The quantitative estimate of drug-likeness (QED) is 0.545. The summed E-state index contributed by atoms with van der Waals surface area (Å²) in [6.07, 6.45) is 8.38. The summed E-state index contributed by atoms with van der Waals surface area (Å²) in [6, 6.07) is 0. The molecule has 1 nitrogen and oxygen atoms in total. The molecule has 0 N–H and O–H groups in total. The van der Waals surface area contributed by atoms with Crippen LogP contribution in [0.25, 0.3) is 0 Å². The van der Waals surface area contributed by atoms with Crippen molar-refractivity contribution in [2.75, 3.05) is 13.1 Å². The van der Waals surface area contributed by atoms with E-state index in [1.807, 2.05) is 0 Å².